The molecule has 0 spiro atoms. The van der Waals surface area contributed by atoms with Crippen molar-refractivity contribution in [2.75, 3.05) is 53.4 Å². The lowest BCUT2D eigenvalue weighted by Crippen LogP contribution is -2.46. The van der Waals surface area contributed by atoms with E-state index in [0.717, 1.165) is 50.9 Å². The number of Topliss-reactive ketones (excluding diaryl/α,β-unsaturated/α-hetero) is 1. The third kappa shape index (κ3) is 11.4. The number of fused-ring (bicyclic) bond motifs is 6. The van der Waals surface area contributed by atoms with Gasteiger partial charge in [0.1, 0.15) is 26.0 Å². The smallest absolute Gasteiger partial charge is 0.407 e. The van der Waals surface area contributed by atoms with Crippen LogP contribution in [0, 0.1) is 0 Å². The zero-order chi connectivity index (χ0) is 44.0. The summed E-state index contributed by atoms with van der Waals surface area (Å²) < 4.78 is 21.0. The normalized spacial score (nSPS) is 14.6. The monoisotopic (exact) mass is 848 g/mol. The van der Waals surface area contributed by atoms with Crippen molar-refractivity contribution in [1.82, 2.24) is 20.9 Å². The Morgan fingerprint density at radius 3 is 1.60 bits per heavy atom. The number of carbonyl (C=O) groups is 6. The van der Waals surface area contributed by atoms with Crippen molar-refractivity contribution >= 4 is 35.8 Å². The molecule has 7 rings (SSSR count). The number of rotatable bonds is 16. The standard InChI is InChI=1S/C24H26N2O5.C23H26N2O6/c1-16(27)22(13-23(28)26-11-6-12-30-15-26)25-24(29)31-14-21-19-9-4-2-7-17(19)18-8-3-5-10-20(18)21;1-30-12-6-11-24-21(26)13-20(22(27)28)25-23(29)31-14-19-17-9-4-2-7-15(17)16-8-3-5-10-18(16)19/h2-5,7-10,21-22H,6,11-15H2,1H3,(H,25,29);2-5,7-10,19-20H,6,11-14H2,1H3,(H,24,26)(H,25,29)(H,27,28). The molecule has 2 unspecified atom stereocenters. The second-order valence-corrected chi connectivity index (χ2v) is 15.1. The van der Waals surface area contributed by atoms with E-state index < -0.39 is 36.1 Å². The van der Waals surface area contributed by atoms with E-state index in [0.29, 0.717) is 32.7 Å². The topological polar surface area (TPSA) is 199 Å². The Balaban J connectivity index is 0.000000207. The summed E-state index contributed by atoms with van der Waals surface area (Å²) >= 11 is 0. The first-order chi connectivity index (χ1) is 30.0. The maximum Gasteiger partial charge on any atom is 0.407 e. The maximum atomic E-state index is 12.5. The first-order valence-corrected chi connectivity index (χ1v) is 20.6. The predicted molar refractivity (Wildman–Crippen MR) is 228 cm³/mol. The minimum atomic E-state index is -1.38. The van der Waals surface area contributed by atoms with Gasteiger partial charge in [0.2, 0.25) is 11.8 Å². The second-order valence-electron chi connectivity index (χ2n) is 15.1. The van der Waals surface area contributed by atoms with Gasteiger partial charge in [0.25, 0.3) is 0 Å². The molecule has 15 nitrogen and oxygen atoms in total. The van der Waals surface area contributed by atoms with Gasteiger partial charge >= 0.3 is 18.2 Å². The van der Waals surface area contributed by atoms with Gasteiger partial charge in [0, 0.05) is 38.6 Å². The Labute approximate surface area is 360 Å². The van der Waals surface area contributed by atoms with Gasteiger partial charge in [0.15, 0.2) is 5.78 Å². The Morgan fingerprint density at radius 2 is 1.18 bits per heavy atom. The summed E-state index contributed by atoms with van der Waals surface area (Å²) in [4.78, 5) is 74.1. The minimum Gasteiger partial charge on any atom is -0.480 e. The molecule has 0 bridgehead atoms. The molecule has 4 aromatic carbocycles. The molecule has 0 aromatic heterocycles. The molecule has 1 saturated heterocycles. The summed E-state index contributed by atoms with van der Waals surface area (Å²) in [7, 11) is 1.56. The highest BCUT2D eigenvalue weighted by atomic mass is 16.6. The Hall–Kier alpha value is -6.58. The lowest BCUT2D eigenvalue weighted by Gasteiger charge is -2.28. The van der Waals surface area contributed by atoms with Gasteiger partial charge in [0.05, 0.1) is 25.5 Å². The minimum absolute atomic E-state index is 0.0649. The van der Waals surface area contributed by atoms with E-state index in [1.165, 1.54) is 6.92 Å². The maximum absolute atomic E-state index is 12.5. The van der Waals surface area contributed by atoms with Crippen molar-refractivity contribution in [3.8, 4) is 22.3 Å². The Kier molecular flexibility index (Phi) is 15.8. The first kappa shape index (κ1) is 45.0. The van der Waals surface area contributed by atoms with E-state index in [-0.39, 0.29) is 56.3 Å². The molecule has 2 atom stereocenters. The number of hydrogen-bond donors (Lipinski definition) is 4. The van der Waals surface area contributed by atoms with Gasteiger partial charge in [-0.2, -0.15) is 0 Å². The average molecular weight is 849 g/mol. The number of nitrogens with one attached hydrogen (secondary N) is 3. The van der Waals surface area contributed by atoms with Gasteiger partial charge < -0.3 is 44.9 Å². The van der Waals surface area contributed by atoms with E-state index in [9.17, 15) is 33.9 Å². The number of hydrogen-bond acceptors (Lipinski definition) is 10. The summed E-state index contributed by atoms with van der Waals surface area (Å²) in [5.41, 5.74) is 8.82. The van der Waals surface area contributed by atoms with Crippen LogP contribution in [0.25, 0.3) is 22.3 Å². The molecule has 1 aliphatic heterocycles. The molecule has 4 aromatic rings. The lowest BCUT2D eigenvalue weighted by atomic mass is 9.98. The van der Waals surface area contributed by atoms with E-state index >= 15 is 0 Å². The molecule has 2 aliphatic carbocycles. The van der Waals surface area contributed by atoms with Crippen LogP contribution in [0.3, 0.4) is 0 Å². The summed E-state index contributed by atoms with van der Waals surface area (Å²) in [6.45, 7) is 3.85. The Bertz CT molecular complexity index is 2150. The van der Waals surface area contributed by atoms with Crippen LogP contribution in [-0.2, 0) is 38.1 Å². The van der Waals surface area contributed by atoms with Crippen molar-refractivity contribution in [2.24, 2.45) is 0 Å². The number of alkyl carbamates (subject to hydrolysis) is 2. The number of ketones is 1. The third-order valence-corrected chi connectivity index (χ3v) is 11.0. The molecular formula is C47H52N4O11. The van der Waals surface area contributed by atoms with Crippen molar-refractivity contribution in [1.29, 1.82) is 0 Å². The SMILES string of the molecule is CC(=O)C(CC(=O)N1CCCOC1)NC(=O)OCC1c2ccccc2-c2ccccc21.COCCCNC(=O)CC(NC(=O)OCC1c2ccccc2-c2ccccc21)C(=O)O. The average Bonchev–Trinajstić information content (AvgIpc) is 3.78. The highest BCUT2D eigenvalue weighted by Crippen LogP contribution is 2.45. The molecule has 62 heavy (non-hydrogen) atoms. The number of amides is 4. The van der Waals surface area contributed by atoms with Crippen LogP contribution in [0.2, 0.25) is 0 Å². The molecule has 3 aliphatic rings. The number of aliphatic carboxylic acids is 1. The van der Waals surface area contributed by atoms with Crippen molar-refractivity contribution < 1.29 is 52.8 Å². The van der Waals surface area contributed by atoms with E-state index in [1.807, 2.05) is 84.9 Å². The number of methoxy groups -OCH3 is 1. The fourth-order valence-electron chi connectivity index (χ4n) is 7.86. The summed E-state index contributed by atoms with van der Waals surface area (Å²) in [5.74, 6) is -2.49. The van der Waals surface area contributed by atoms with Gasteiger partial charge in [-0.15, -0.1) is 0 Å². The highest BCUT2D eigenvalue weighted by molar-refractivity contribution is 5.91. The molecule has 0 radical (unpaired) electrons. The third-order valence-electron chi connectivity index (χ3n) is 11.0. The molecular weight excluding hydrogens is 797 g/mol. The number of ether oxygens (including phenoxy) is 4. The molecule has 4 amide bonds. The molecule has 15 heteroatoms. The van der Waals surface area contributed by atoms with E-state index in [2.05, 4.69) is 28.1 Å². The quantitative estimate of drug-likeness (QED) is 0.102. The fraction of sp³-hybridized carbons (Fsp3) is 0.362. The van der Waals surface area contributed by atoms with Crippen LogP contribution in [0.15, 0.2) is 97.1 Å². The first-order valence-electron chi connectivity index (χ1n) is 20.6. The number of carboxylic acids is 1. The van der Waals surface area contributed by atoms with Gasteiger partial charge in [-0.05, 0) is 64.3 Å². The van der Waals surface area contributed by atoms with Crippen LogP contribution >= 0.6 is 0 Å². The zero-order valence-electron chi connectivity index (χ0n) is 34.8. The number of carboxylic acid groups (broad SMARTS) is 1. The fourth-order valence-corrected chi connectivity index (χ4v) is 7.86. The lowest BCUT2D eigenvalue weighted by molar-refractivity contribution is -0.142. The number of benzene rings is 4. The molecule has 1 fully saturated rings. The van der Waals surface area contributed by atoms with Crippen LogP contribution in [0.1, 0.15) is 66.7 Å². The zero-order valence-corrected chi connectivity index (χ0v) is 34.8. The van der Waals surface area contributed by atoms with Crippen LogP contribution in [0.5, 0.6) is 0 Å². The summed E-state index contributed by atoms with van der Waals surface area (Å²) in [6, 6.07) is 29.7. The molecule has 4 N–H and O–H groups in total. The molecule has 326 valence electrons. The summed E-state index contributed by atoms with van der Waals surface area (Å²) in [5, 5.41) is 16.8. The van der Waals surface area contributed by atoms with E-state index in [1.54, 1.807) is 12.0 Å². The summed E-state index contributed by atoms with van der Waals surface area (Å²) in [6.07, 6.45) is -0.697. The van der Waals surface area contributed by atoms with Crippen LogP contribution in [0.4, 0.5) is 9.59 Å². The molecule has 0 saturated carbocycles. The van der Waals surface area contributed by atoms with Crippen molar-refractivity contribution in [3.63, 3.8) is 0 Å². The highest BCUT2D eigenvalue weighted by Gasteiger charge is 2.32. The molecule has 1 heterocycles. The Morgan fingerprint density at radius 1 is 0.710 bits per heavy atom. The largest absolute Gasteiger partial charge is 0.480 e. The second kappa shape index (κ2) is 21.8. The van der Waals surface area contributed by atoms with Gasteiger partial charge in [-0.25, -0.2) is 14.4 Å². The van der Waals surface area contributed by atoms with E-state index in [4.69, 9.17) is 18.9 Å². The van der Waals surface area contributed by atoms with Gasteiger partial charge in [-0.1, -0.05) is 97.1 Å². The number of carbonyl (C=O) groups excluding carboxylic acids is 5. The van der Waals surface area contributed by atoms with Crippen molar-refractivity contribution in [2.45, 2.75) is 56.5 Å². The van der Waals surface area contributed by atoms with Gasteiger partial charge in [-0.3, -0.25) is 14.4 Å². The van der Waals surface area contributed by atoms with Crippen LogP contribution < -0.4 is 16.0 Å². The van der Waals surface area contributed by atoms with Crippen LogP contribution in [-0.4, -0.2) is 111 Å². The predicted octanol–water partition coefficient (Wildman–Crippen LogP) is 5.60. The number of nitrogens with zero attached hydrogens (tertiary/aromatic N) is 1. The van der Waals surface area contributed by atoms with Crippen molar-refractivity contribution in [3.05, 3.63) is 119 Å².